The van der Waals surface area contributed by atoms with Gasteiger partial charge in [0.15, 0.2) is 5.96 Å². The largest absolute Gasteiger partial charge is 0.469 e. The van der Waals surface area contributed by atoms with Gasteiger partial charge in [-0.15, -0.1) is 0 Å². The van der Waals surface area contributed by atoms with E-state index < -0.39 is 0 Å². The number of morpholine rings is 1. The zero-order valence-corrected chi connectivity index (χ0v) is 16.7. The van der Waals surface area contributed by atoms with Crippen molar-refractivity contribution in [1.29, 1.82) is 0 Å². The van der Waals surface area contributed by atoms with Crippen LogP contribution in [0, 0.1) is 5.92 Å². The quantitative estimate of drug-likeness (QED) is 0.493. The monoisotopic (exact) mass is 364 g/mol. The average Bonchev–Trinajstić information content (AvgIpc) is 3.16. The van der Waals surface area contributed by atoms with E-state index >= 15 is 0 Å². The molecule has 1 aromatic rings. The zero-order valence-electron chi connectivity index (χ0n) is 16.7. The Hall–Kier alpha value is -1.53. The molecule has 1 aromatic heterocycles. The molecule has 2 rings (SSSR count). The summed E-state index contributed by atoms with van der Waals surface area (Å²) in [5, 5.41) is 6.87. The zero-order chi connectivity index (χ0) is 18.6. The number of ether oxygens (including phenoxy) is 1. The van der Waals surface area contributed by atoms with Crippen LogP contribution >= 0.6 is 0 Å². The molecule has 0 aromatic carbocycles. The highest BCUT2D eigenvalue weighted by Gasteiger charge is 2.21. The van der Waals surface area contributed by atoms with Crippen LogP contribution in [0.25, 0.3) is 0 Å². The second kappa shape index (κ2) is 12.0. The number of guanidine groups is 1. The molecule has 0 amide bonds. The molecule has 26 heavy (non-hydrogen) atoms. The summed E-state index contributed by atoms with van der Waals surface area (Å²) in [4.78, 5) is 7.43. The first-order chi connectivity index (χ1) is 12.7. The summed E-state index contributed by atoms with van der Waals surface area (Å²) in [6, 6.07) is 4.41. The molecule has 0 aliphatic carbocycles. The lowest BCUT2D eigenvalue weighted by atomic mass is 10.0. The Balaban J connectivity index is 1.90. The molecule has 0 spiro atoms. The lowest BCUT2D eigenvalue weighted by molar-refractivity contribution is 0.0143. The van der Waals surface area contributed by atoms with E-state index in [2.05, 4.69) is 36.3 Å². The van der Waals surface area contributed by atoms with E-state index in [1.165, 1.54) is 0 Å². The van der Waals surface area contributed by atoms with E-state index in [4.69, 9.17) is 14.1 Å². The number of nitrogens with one attached hydrogen (secondary N) is 2. The standard InChI is InChI=1S/C20H36N4O2/c1-4-8-21-20(22-9-7-19-6-5-12-26-19)23-16-18(15-17(2)3)24-10-13-25-14-11-24/h5-6,12,17-18H,4,7-11,13-16H2,1-3H3,(H2,21,22,23). The fourth-order valence-electron chi connectivity index (χ4n) is 3.20. The third-order valence-electron chi connectivity index (χ3n) is 4.55. The number of rotatable bonds is 10. The summed E-state index contributed by atoms with van der Waals surface area (Å²) < 4.78 is 10.9. The van der Waals surface area contributed by atoms with Gasteiger partial charge in [-0.2, -0.15) is 0 Å². The minimum atomic E-state index is 0.476. The fourth-order valence-corrected chi connectivity index (χ4v) is 3.20. The van der Waals surface area contributed by atoms with E-state index in [0.717, 1.165) is 76.9 Å². The van der Waals surface area contributed by atoms with E-state index in [0.29, 0.717) is 12.0 Å². The maximum absolute atomic E-state index is 5.51. The van der Waals surface area contributed by atoms with Crippen LogP contribution < -0.4 is 10.6 Å². The summed E-state index contributed by atoms with van der Waals surface area (Å²) in [7, 11) is 0. The van der Waals surface area contributed by atoms with Gasteiger partial charge in [0.25, 0.3) is 0 Å². The van der Waals surface area contributed by atoms with E-state index in [9.17, 15) is 0 Å². The molecule has 1 fully saturated rings. The number of aliphatic imine (C=N–C) groups is 1. The third-order valence-corrected chi connectivity index (χ3v) is 4.55. The van der Waals surface area contributed by atoms with Gasteiger partial charge in [-0.25, -0.2) is 0 Å². The predicted molar refractivity (Wildman–Crippen MR) is 107 cm³/mol. The van der Waals surface area contributed by atoms with Crippen molar-refractivity contribution in [2.24, 2.45) is 10.9 Å². The van der Waals surface area contributed by atoms with Crippen LogP contribution in [0.5, 0.6) is 0 Å². The average molecular weight is 365 g/mol. The molecule has 0 saturated carbocycles. The molecule has 2 heterocycles. The molecule has 6 nitrogen and oxygen atoms in total. The molecule has 0 radical (unpaired) electrons. The Bertz CT molecular complexity index is 496. The molecule has 148 valence electrons. The molecular weight excluding hydrogens is 328 g/mol. The third kappa shape index (κ3) is 7.79. The first-order valence-electron chi connectivity index (χ1n) is 10.1. The van der Waals surface area contributed by atoms with Crippen molar-refractivity contribution in [3.63, 3.8) is 0 Å². The Kier molecular flexibility index (Phi) is 9.56. The number of furan rings is 1. The van der Waals surface area contributed by atoms with Gasteiger partial charge in [-0.3, -0.25) is 9.89 Å². The molecule has 1 saturated heterocycles. The molecule has 1 unspecified atom stereocenters. The van der Waals surface area contributed by atoms with Crippen LogP contribution in [0.4, 0.5) is 0 Å². The highest BCUT2D eigenvalue weighted by atomic mass is 16.5. The van der Waals surface area contributed by atoms with Gasteiger partial charge in [-0.1, -0.05) is 20.8 Å². The Labute approximate surface area is 158 Å². The Morgan fingerprint density at radius 1 is 1.23 bits per heavy atom. The van der Waals surface area contributed by atoms with Crippen LogP contribution in [0.1, 0.15) is 39.4 Å². The van der Waals surface area contributed by atoms with Gasteiger partial charge in [0, 0.05) is 38.6 Å². The van der Waals surface area contributed by atoms with Crippen LogP contribution in [0.2, 0.25) is 0 Å². The normalized spacial score (nSPS) is 17.5. The molecule has 2 N–H and O–H groups in total. The lowest BCUT2D eigenvalue weighted by Gasteiger charge is -2.34. The van der Waals surface area contributed by atoms with Crippen LogP contribution in [0.3, 0.4) is 0 Å². The summed E-state index contributed by atoms with van der Waals surface area (Å²) in [5.74, 6) is 2.57. The van der Waals surface area contributed by atoms with Crippen molar-refractivity contribution in [2.75, 3.05) is 45.9 Å². The number of nitrogens with zero attached hydrogens (tertiary/aromatic N) is 2. The van der Waals surface area contributed by atoms with E-state index in [1.54, 1.807) is 6.26 Å². The van der Waals surface area contributed by atoms with Crippen molar-refractivity contribution >= 4 is 5.96 Å². The van der Waals surface area contributed by atoms with Gasteiger partial charge >= 0.3 is 0 Å². The topological polar surface area (TPSA) is 62.0 Å². The van der Waals surface area contributed by atoms with Crippen LogP contribution in [-0.4, -0.2) is 62.8 Å². The van der Waals surface area contributed by atoms with Crippen molar-refractivity contribution < 1.29 is 9.15 Å². The second-order valence-electron chi connectivity index (χ2n) is 7.30. The Morgan fingerprint density at radius 2 is 2.00 bits per heavy atom. The van der Waals surface area contributed by atoms with Crippen LogP contribution in [0.15, 0.2) is 27.8 Å². The maximum Gasteiger partial charge on any atom is 0.191 e. The van der Waals surface area contributed by atoms with E-state index in [-0.39, 0.29) is 0 Å². The van der Waals surface area contributed by atoms with Gasteiger partial charge in [0.1, 0.15) is 5.76 Å². The molecule has 1 atom stereocenters. The van der Waals surface area contributed by atoms with Gasteiger partial charge in [-0.05, 0) is 30.9 Å². The highest BCUT2D eigenvalue weighted by molar-refractivity contribution is 5.79. The van der Waals surface area contributed by atoms with Crippen molar-refractivity contribution in [1.82, 2.24) is 15.5 Å². The number of hydrogen-bond donors (Lipinski definition) is 2. The predicted octanol–water partition coefficient (Wildman–Crippen LogP) is 2.51. The first-order valence-corrected chi connectivity index (χ1v) is 10.1. The van der Waals surface area contributed by atoms with Gasteiger partial charge in [0.2, 0.25) is 0 Å². The maximum atomic E-state index is 5.51. The second-order valence-corrected chi connectivity index (χ2v) is 7.30. The van der Waals surface area contributed by atoms with Gasteiger partial charge in [0.05, 0.1) is 26.0 Å². The minimum absolute atomic E-state index is 0.476. The summed E-state index contributed by atoms with van der Waals surface area (Å²) >= 11 is 0. The Morgan fingerprint density at radius 3 is 2.65 bits per heavy atom. The highest BCUT2D eigenvalue weighted by Crippen LogP contribution is 2.14. The SMILES string of the molecule is CCCNC(=NCC(CC(C)C)N1CCOCC1)NCCc1ccco1. The molecule has 6 heteroatoms. The van der Waals surface area contributed by atoms with Gasteiger partial charge < -0.3 is 19.8 Å². The molecule has 1 aliphatic rings. The molecule has 1 aliphatic heterocycles. The smallest absolute Gasteiger partial charge is 0.191 e. The first kappa shape index (κ1) is 20.8. The lowest BCUT2D eigenvalue weighted by Crippen LogP contribution is -2.46. The van der Waals surface area contributed by atoms with Crippen molar-refractivity contribution in [2.45, 2.75) is 46.1 Å². The van der Waals surface area contributed by atoms with E-state index in [1.807, 2.05) is 12.1 Å². The summed E-state index contributed by atoms with van der Waals surface area (Å²) in [6.45, 7) is 13.0. The fraction of sp³-hybridized carbons (Fsp3) is 0.750. The summed E-state index contributed by atoms with van der Waals surface area (Å²) in [5.41, 5.74) is 0. The van der Waals surface area contributed by atoms with Crippen molar-refractivity contribution in [3.05, 3.63) is 24.2 Å². The minimum Gasteiger partial charge on any atom is -0.469 e. The summed E-state index contributed by atoms with van der Waals surface area (Å²) in [6.07, 6.45) is 4.83. The van der Waals surface area contributed by atoms with Crippen LogP contribution in [-0.2, 0) is 11.2 Å². The molecule has 0 bridgehead atoms. The number of hydrogen-bond acceptors (Lipinski definition) is 4. The van der Waals surface area contributed by atoms with Crippen molar-refractivity contribution in [3.8, 4) is 0 Å². The molecular formula is C20H36N4O2.